The van der Waals surface area contributed by atoms with E-state index in [9.17, 15) is 0 Å². The molecule has 0 amide bonds. The molecule has 1 aromatic carbocycles. The van der Waals surface area contributed by atoms with E-state index in [0.29, 0.717) is 0 Å². The van der Waals surface area contributed by atoms with Crippen LogP contribution in [0.3, 0.4) is 0 Å². The molecule has 1 rings (SSSR count). The lowest BCUT2D eigenvalue weighted by atomic mass is 10.1. The highest BCUT2D eigenvalue weighted by molar-refractivity contribution is 5.23. The Morgan fingerprint density at radius 2 is 1.00 bits per heavy atom. The molecule has 1 aromatic rings. The minimum atomic E-state index is 1.37. The fourth-order valence-electron chi connectivity index (χ4n) is 1.69. The van der Waals surface area contributed by atoms with Gasteiger partial charge < -0.3 is 0 Å². The zero-order valence-electron chi connectivity index (χ0n) is 12.3. The minimum Gasteiger partial charge on any atom is -0.0654 e. The van der Waals surface area contributed by atoms with Crippen molar-refractivity contribution in [3.8, 4) is 0 Å². The Hall–Kier alpha value is -0.780. The van der Waals surface area contributed by atoms with Gasteiger partial charge in [-0.1, -0.05) is 83.1 Å². The number of hydrogen-bond donors (Lipinski definition) is 0. The molecule has 0 aliphatic rings. The largest absolute Gasteiger partial charge is 0.0654 e. The van der Waals surface area contributed by atoms with E-state index in [-0.39, 0.29) is 0 Å². The summed E-state index contributed by atoms with van der Waals surface area (Å²) < 4.78 is 0. The molecule has 0 radical (unpaired) electrons. The summed E-state index contributed by atoms with van der Waals surface area (Å²) >= 11 is 0. The fourth-order valence-corrected chi connectivity index (χ4v) is 1.69. The van der Waals surface area contributed by atoms with Crippen LogP contribution in [0, 0.1) is 13.8 Å². The Kier molecular flexibility index (Phi) is 11.2. The topological polar surface area (TPSA) is 0 Å². The molecule has 0 fully saturated rings. The van der Waals surface area contributed by atoms with Gasteiger partial charge in [-0.15, -0.1) is 0 Å². The highest BCUT2D eigenvalue weighted by Gasteiger charge is 1.86. The van der Waals surface area contributed by atoms with Gasteiger partial charge in [-0.25, -0.2) is 0 Å². The third kappa shape index (κ3) is 10.1. The fraction of sp³-hybridized carbons (Fsp3) is 0.647. The second-order valence-electron chi connectivity index (χ2n) is 4.85. The predicted molar refractivity (Wildman–Crippen MR) is 79.6 cm³/mol. The smallest absolute Gasteiger partial charge is 0.0395 e. The second kappa shape index (κ2) is 11.7. The molecule has 0 bridgehead atoms. The van der Waals surface area contributed by atoms with E-state index in [1.54, 1.807) is 0 Å². The third-order valence-electron chi connectivity index (χ3n) is 3.13. The van der Waals surface area contributed by atoms with Gasteiger partial charge in [-0.3, -0.25) is 0 Å². The number of unbranched alkanes of at least 4 members (excludes halogenated alkanes) is 6. The zero-order valence-corrected chi connectivity index (χ0v) is 12.3. The Balaban J connectivity index is 0.000000302. The predicted octanol–water partition coefficient (Wildman–Crippen LogP) is 6.06. The first-order valence-electron chi connectivity index (χ1n) is 7.24. The molecule has 17 heavy (non-hydrogen) atoms. The molecular formula is C17H30. The van der Waals surface area contributed by atoms with Crippen molar-refractivity contribution in [2.45, 2.75) is 72.6 Å². The van der Waals surface area contributed by atoms with Crippen LogP contribution in [0.15, 0.2) is 24.3 Å². The van der Waals surface area contributed by atoms with Crippen molar-refractivity contribution in [1.29, 1.82) is 0 Å². The molecule has 0 heterocycles. The van der Waals surface area contributed by atoms with Crippen LogP contribution in [0.2, 0.25) is 0 Å². The maximum Gasteiger partial charge on any atom is -0.0395 e. The Morgan fingerprint density at radius 3 is 1.29 bits per heavy atom. The molecule has 0 heteroatoms. The van der Waals surface area contributed by atoms with Crippen molar-refractivity contribution in [2.75, 3.05) is 0 Å². The standard InChI is InChI=1S/C9H20.C8H10/c1-3-5-7-9-8-6-4-2;1-7-5-3-4-6-8(7)2/h3-9H2,1-2H3;3-6H,1-2H3. The lowest BCUT2D eigenvalue weighted by Gasteiger charge is -1.96. The van der Waals surface area contributed by atoms with Crippen molar-refractivity contribution in [3.05, 3.63) is 35.4 Å². The molecular weight excluding hydrogens is 204 g/mol. The number of benzene rings is 1. The van der Waals surface area contributed by atoms with E-state index in [2.05, 4.69) is 52.0 Å². The summed E-state index contributed by atoms with van der Waals surface area (Å²) in [5, 5.41) is 0. The SMILES string of the molecule is CCCCCCCCC.Cc1ccccc1C. The third-order valence-corrected chi connectivity index (χ3v) is 3.13. The van der Waals surface area contributed by atoms with Crippen LogP contribution in [-0.2, 0) is 0 Å². The normalized spacial score (nSPS) is 9.65. The molecule has 0 unspecified atom stereocenters. The highest BCUT2D eigenvalue weighted by Crippen LogP contribution is 2.05. The van der Waals surface area contributed by atoms with Gasteiger partial charge in [0.1, 0.15) is 0 Å². The van der Waals surface area contributed by atoms with E-state index in [1.165, 1.54) is 56.1 Å². The molecule has 0 aromatic heterocycles. The summed E-state index contributed by atoms with van der Waals surface area (Å²) in [6, 6.07) is 8.36. The Morgan fingerprint density at radius 1 is 0.647 bits per heavy atom. The van der Waals surface area contributed by atoms with Crippen molar-refractivity contribution < 1.29 is 0 Å². The highest BCUT2D eigenvalue weighted by atomic mass is 13.9. The molecule has 0 saturated heterocycles. The molecule has 0 spiro atoms. The van der Waals surface area contributed by atoms with Crippen molar-refractivity contribution in [3.63, 3.8) is 0 Å². The van der Waals surface area contributed by atoms with Gasteiger partial charge in [0.15, 0.2) is 0 Å². The monoisotopic (exact) mass is 234 g/mol. The van der Waals surface area contributed by atoms with Crippen LogP contribution in [0.4, 0.5) is 0 Å². The second-order valence-corrected chi connectivity index (χ2v) is 4.85. The van der Waals surface area contributed by atoms with Gasteiger partial charge in [-0.05, 0) is 25.0 Å². The van der Waals surface area contributed by atoms with Crippen LogP contribution in [0.1, 0.15) is 69.9 Å². The summed E-state index contributed by atoms with van der Waals surface area (Å²) in [5.41, 5.74) is 2.74. The quantitative estimate of drug-likeness (QED) is 0.525. The van der Waals surface area contributed by atoms with E-state index in [4.69, 9.17) is 0 Å². The van der Waals surface area contributed by atoms with Crippen molar-refractivity contribution in [2.24, 2.45) is 0 Å². The van der Waals surface area contributed by atoms with Crippen molar-refractivity contribution in [1.82, 2.24) is 0 Å². The van der Waals surface area contributed by atoms with Crippen LogP contribution >= 0.6 is 0 Å². The average Bonchev–Trinajstić information content (AvgIpc) is 2.34. The number of hydrogen-bond acceptors (Lipinski definition) is 0. The molecule has 0 aliphatic heterocycles. The summed E-state index contributed by atoms with van der Waals surface area (Å²) in [7, 11) is 0. The summed E-state index contributed by atoms with van der Waals surface area (Å²) in [6.45, 7) is 8.77. The van der Waals surface area contributed by atoms with Gasteiger partial charge in [0.2, 0.25) is 0 Å². The first kappa shape index (κ1) is 16.2. The van der Waals surface area contributed by atoms with E-state index in [0.717, 1.165) is 0 Å². The van der Waals surface area contributed by atoms with Gasteiger partial charge in [0, 0.05) is 0 Å². The van der Waals surface area contributed by atoms with Gasteiger partial charge >= 0.3 is 0 Å². The van der Waals surface area contributed by atoms with E-state index >= 15 is 0 Å². The lowest BCUT2D eigenvalue weighted by Crippen LogP contribution is -1.76. The minimum absolute atomic E-state index is 1.37. The van der Waals surface area contributed by atoms with Crippen LogP contribution in [0.25, 0.3) is 0 Å². The molecule has 0 aliphatic carbocycles. The van der Waals surface area contributed by atoms with Crippen molar-refractivity contribution >= 4 is 0 Å². The lowest BCUT2D eigenvalue weighted by molar-refractivity contribution is 0.602. The first-order valence-corrected chi connectivity index (χ1v) is 7.24. The number of aryl methyl sites for hydroxylation is 2. The summed E-state index contributed by atoms with van der Waals surface area (Å²) in [5.74, 6) is 0. The maximum atomic E-state index is 2.26. The average molecular weight is 234 g/mol. The molecule has 0 atom stereocenters. The van der Waals surface area contributed by atoms with E-state index < -0.39 is 0 Å². The van der Waals surface area contributed by atoms with E-state index in [1.807, 2.05) is 0 Å². The zero-order chi connectivity index (χ0) is 12.9. The van der Waals surface area contributed by atoms with Gasteiger partial charge in [0.05, 0.1) is 0 Å². The van der Waals surface area contributed by atoms with Crippen LogP contribution in [-0.4, -0.2) is 0 Å². The Labute approximate surface area is 108 Å². The summed E-state index contributed by atoms with van der Waals surface area (Å²) in [6.07, 6.45) is 9.97. The summed E-state index contributed by atoms with van der Waals surface area (Å²) in [4.78, 5) is 0. The molecule has 0 N–H and O–H groups in total. The van der Waals surface area contributed by atoms with Gasteiger partial charge in [0.25, 0.3) is 0 Å². The van der Waals surface area contributed by atoms with Crippen LogP contribution < -0.4 is 0 Å². The van der Waals surface area contributed by atoms with Gasteiger partial charge in [-0.2, -0.15) is 0 Å². The molecule has 98 valence electrons. The Bertz CT molecular complexity index is 235. The van der Waals surface area contributed by atoms with Crippen LogP contribution in [0.5, 0.6) is 0 Å². The maximum absolute atomic E-state index is 2.26. The molecule has 0 saturated carbocycles. The number of rotatable bonds is 6. The molecule has 0 nitrogen and oxygen atoms in total. The first-order chi connectivity index (χ1) is 8.22.